The second-order valence-electron chi connectivity index (χ2n) is 10.1. The van der Waals surface area contributed by atoms with E-state index in [4.69, 9.17) is 9.47 Å². The van der Waals surface area contributed by atoms with Crippen molar-refractivity contribution in [2.75, 3.05) is 6.61 Å². The van der Waals surface area contributed by atoms with E-state index in [-0.39, 0.29) is 18.0 Å². The summed E-state index contributed by atoms with van der Waals surface area (Å²) in [6.45, 7) is 8.80. The molecule has 0 aliphatic heterocycles. The molecule has 1 unspecified atom stereocenters. The lowest BCUT2D eigenvalue weighted by Crippen LogP contribution is -2.15. The predicted molar refractivity (Wildman–Crippen MR) is 153 cm³/mol. The molecule has 0 saturated carbocycles. The average Bonchev–Trinajstić information content (AvgIpc) is 2.91. The zero-order chi connectivity index (χ0) is 27.1. The molecule has 0 saturated heterocycles. The van der Waals surface area contributed by atoms with Crippen LogP contribution in [-0.2, 0) is 31.9 Å². The van der Waals surface area contributed by atoms with E-state index in [1.165, 1.54) is 62.5 Å². The summed E-state index contributed by atoms with van der Waals surface area (Å²) < 4.78 is 10.6. The van der Waals surface area contributed by atoms with E-state index >= 15 is 0 Å². The molecule has 0 fully saturated rings. The van der Waals surface area contributed by atoms with Gasteiger partial charge in [0.2, 0.25) is 0 Å². The Labute approximate surface area is 226 Å². The number of hydrogen-bond donors (Lipinski definition) is 0. The average molecular weight is 511 g/mol. The van der Waals surface area contributed by atoms with Gasteiger partial charge in [0.15, 0.2) is 0 Å². The summed E-state index contributed by atoms with van der Waals surface area (Å²) in [5, 5.41) is 0. The van der Waals surface area contributed by atoms with Gasteiger partial charge in [0.05, 0.1) is 12.7 Å². The fourth-order valence-corrected chi connectivity index (χ4v) is 4.05. The van der Waals surface area contributed by atoms with Crippen LogP contribution in [0.2, 0.25) is 0 Å². The van der Waals surface area contributed by atoms with Crippen molar-refractivity contribution in [3.05, 3.63) is 71.8 Å². The molecule has 0 aliphatic carbocycles. The van der Waals surface area contributed by atoms with E-state index in [9.17, 15) is 9.59 Å². The molecule has 4 heteroatoms. The van der Waals surface area contributed by atoms with Crippen LogP contribution in [-0.4, -0.2) is 24.6 Å². The van der Waals surface area contributed by atoms with E-state index in [2.05, 4.69) is 26.0 Å². The van der Waals surface area contributed by atoms with Crippen molar-refractivity contribution in [3.63, 3.8) is 0 Å². The van der Waals surface area contributed by atoms with Crippen LogP contribution in [0.25, 0.3) is 0 Å². The van der Waals surface area contributed by atoms with Crippen LogP contribution in [0.3, 0.4) is 0 Å². The van der Waals surface area contributed by atoms with Crippen molar-refractivity contribution in [3.8, 4) is 0 Å². The van der Waals surface area contributed by atoms with Crippen molar-refractivity contribution >= 4 is 11.9 Å². The molecule has 4 nitrogen and oxygen atoms in total. The maximum absolute atomic E-state index is 11.9. The van der Waals surface area contributed by atoms with E-state index in [0.29, 0.717) is 25.4 Å². The summed E-state index contributed by atoms with van der Waals surface area (Å²) in [5.74, 6) is 0.375. The standard InChI is InChI=1S/C21H34O2.C12H16O2/c1-3-5-7-9-15-20(12-6-4-2)18-23-21(22)17-16-19-13-10-8-11-14-19;1-10(2)14-12(13)9-8-11-6-4-3-5-7-11/h8,10-11,13-14,20H,3-7,9,12,15-18H2,1-2H3;3-7,10H,8-9H2,1-2H3. The molecule has 206 valence electrons. The van der Waals surface area contributed by atoms with E-state index in [0.717, 1.165) is 12.8 Å². The van der Waals surface area contributed by atoms with Gasteiger partial charge in [-0.2, -0.15) is 0 Å². The SMILES string of the molecule is CC(C)OC(=O)CCc1ccccc1.CCCCCCC(CCCC)COC(=O)CCc1ccccc1. The largest absolute Gasteiger partial charge is 0.465 e. The minimum Gasteiger partial charge on any atom is -0.465 e. The summed E-state index contributed by atoms with van der Waals surface area (Å²) in [6, 6.07) is 20.1. The third-order valence-electron chi connectivity index (χ3n) is 6.20. The number of esters is 2. The smallest absolute Gasteiger partial charge is 0.306 e. The first-order valence-corrected chi connectivity index (χ1v) is 14.4. The highest BCUT2D eigenvalue weighted by Crippen LogP contribution is 2.18. The van der Waals surface area contributed by atoms with E-state index < -0.39 is 0 Å². The molecule has 2 rings (SSSR count). The van der Waals surface area contributed by atoms with Gasteiger partial charge in [-0.05, 0) is 56.6 Å². The lowest BCUT2D eigenvalue weighted by atomic mass is 9.96. The lowest BCUT2D eigenvalue weighted by molar-refractivity contribution is -0.147. The highest BCUT2D eigenvalue weighted by molar-refractivity contribution is 5.70. The fraction of sp³-hybridized carbons (Fsp3) is 0.576. The number of carbonyl (C=O) groups excluding carboxylic acids is 2. The Balaban J connectivity index is 0.000000417. The quantitative estimate of drug-likeness (QED) is 0.158. The van der Waals surface area contributed by atoms with Gasteiger partial charge >= 0.3 is 11.9 Å². The van der Waals surface area contributed by atoms with Crippen LogP contribution >= 0.6 is 0 Å². The molecule has 2 aromatic carbocycles. The molecule has 0 radical (unpaired) electrons. The molecular weight excluding hydrogens is 460 g/mol. The van der Waals surface area contributed by atoms with Gasteiger partial charge in [0, 0.05) is 12.8 Å². The Morgan fingerprint density at radius 3 is 1.70 bits per heavy atom. The zero-order valence-corrected chi connectivity index (χ0v) is 23.8. The van der Waals surface area contributed by atoms with Crippen LogP contribution < -0.4 is 0 Å². The second-order valence-corrected chi connectivity index (χ2v) is 10.1. The van der Waals surface area contributed by atoms with Gasteiger partial charge in [-0.1, -0.05) is 113 Å². The van der Waals surface area contributed by atoms with Crippen molar-refractivity contribution in [2.45, 2.75) is 111 Å². The summed E-state index contributed by atoms with van der Waals surface area (Å²) in [7, 11) is 0. The molecule has 0 heterocycles. The first kappa shape index (κ1) is 32.4. The number of ether oxygens (including phenoxy) is 2. The third kappa shape index (κ3) is 18.3. The summed E-state index contributed by atoms with van der Waals surface area (Å²) >= 11 is 0. The molecule has 0 aromatic heterocycles. The molecule has 2 aromatic rings. The van der Waals surface area contributed by atoms with Gasteiger partial charge in [0.25, 0.3) is 0 Å². The van der Waals surface area contributed by atoms with Crippen LogP contribution in [0.4, 0.5) is 0 Å². The molecule has 37 heavy (non-hydrogen) atoms. The Bertz CT molecular complexity index is 817. The van der Waals surface area contributed by atoms with E-state index in [1.54, 1.807) is 0 Å². The maximum Gasteiger partial charge on any atom is 0.306 e. The number of hydrogen-bond acceptors (Lipinski definition) is 4. The van der Waals surface area contributed by atoms with Gasteiger partial charge in [-0.25, -0.2) is 0 Å². The Morgan fingerprint density at radius 1 is 0.676 bits per heavy atom. The van der Waals surface area contributed by atoms with Gasteiger partial charge < -0.3 is 9.47 Å². The molecule has 0 amide bonds. The number of rotatable bonds is 17. The van der Waals surface area contributed by atoms with Crippen LogP contribution in [0.15, 0.2) is 60.7 Å². The van der Waals surface area contributed by atoms with Gasteiger partial charge in [-0.15, -0.1) is 0 Å². The molecular formula is C33H50O4. The number of aryl methyl sites for hydroxylation is 2. The molecule has 1 atom stereocenters. The highest BCUT2D eigenvalue weighted by atomic mass is 16.5. The van der Waals surface area contributed by atoms with Crippen molar-refractivity contribution in [1.82, 2.24) is 0 Å². The lowest BCUT2D eigenvalue weighted by Gasteiger charge is -2.16. The molecule has 0 aliphatic rings. The van der Waals surface area contributed by atoms with Crippen molar-refractivity contribution in [1.29, 1.82) is 0 Å². The monoisotopic (exact) mass is 510 g/mol. The Kier molecular flexibility index (Phi) is 18.8. The van der Waals surface area contributed by atoms with Gasteiger partial charge in [0.1, 0.15) is 0 Å². The van der Waals surface area contributed by atoms with Gasteiger partial charge in [-0.3, -0.25) is 9.59 Å². The summed E-state index contributed by atoms with van der Waals surface area (Å²) in [6.07, 6.45) is 12.5. The molecule has 0 N–H and O–H groups in total. The second kappa shape index (κ2) is 21.5. The Hall–Kier alpha value is -2.62. The first-order valence-electron chi connectivity index (χ1n) is 14.4. The predicted octanol–water partition coefficient (Wildman–Crippen LogP) is 8.51. The number of benzene rings is 2. The third-order valence-corrected chi connectivity index (χ3v) is 6.20. The Morgan fingerprint density at radius 2 is 1.19 bits per heavy atom. The van der Waals surface area contributed by atoms with E-state index in [1.807, 2.05) is 62.4 Å². The molecule has 0 bridgehead atoms. The summed E-state index contributed by atoms with van der Waals surface area (Å²) in [4.78, 5) is 23.2. The molecule has 0 spiro atoms. The summed E-state index contributed by atoms with van der Waals surface area (Å²) in [5.41, 5.74) is 2.37. The normalized spacial score (nSPS) is 11.4. The fourth-order valence-electron chi connectivity index (χ4n) is 4.05. The zero-order valence-electron chi connectivity index (χ0n) is 23.8. The van der Waals surface area contributed by atoms with Crippen molar-refractivity contribution in [2.24, 2.45) is 5.92 Å². The van der Waals surface area contributed by atoms with Crippen LogP contribution in [0.1, 0.15) is 103 Å². The topological polar surface area (TPSA) is 52.6 Å². The van der Waals surface area contributed by atoms with Crippen LogP contribution in [0.5, 0.6) is 0 Å². The maximum atomic E-state index is 11.9. The highest BCUT2D eigenvalue weighted by Gasteiger charge is 2.12. The number of unbranched alkanes of at least 4 members (excludes halogenated alkanes) is 4. The first-order chi connectivity index (χ1) is 17.9. The minimum absolute atomic E-state index is 0.0155. The van der Waals surface area contributed by atoms with Crippen molar-refractivity contribution < 1.29 is 19.1 Å². The minimum atomic E-state index is -0.121. The number of carbonyl (C=O) groups is 2. The van der Waals surface area contributed by atoms with Crippen LogP contribution in [0, 0.1) is 5.92 Å².